The van der Waals surface area contributed by atoms with Crippen molar-refractivity contribution in [2.75, 3.05) is 0 Å². The van der Waals surface area contributed by atoms with Gasteiger partial charge in [-0.1, -0.05) is 0 Å². The first-order valence-corrected chi connectivity index (χ1v) is 5.56. The Morgan fingerprint density at radius 1 is 1.33 bits per heavy atom. The predicted octanol–water partition coefficient (Wildman–Crippen LogP) is 3.21. The topological polar surface area (TPSA) is 45.9 Å². The van der Waals surface area contributed by atoms with Gasteiger partial charge in [-0.2, -0.15) is 5.26 Å². The van der Waals surface area contributed by atoms with Gasteiger partial charge in [0.15, 0.2) is 11.6 Å². The highest BCUT2D eigenvalue weighted by Gasteiger charge is 2.26. The van der Waals surface area contributed by atoms with Gasteiger partial charge >= 0.3 is 0 Å². The standard InChI is InChI=1S/C14H9FN2O/c1-8-10-4-5-17-7-12(10)11-3-2-9(6-16)13(15)14(11)18-8/h2-5,7-8H,1H3. The Labute approximate surface area is 103 Å². The molecule has 3 nitrogen and oxygen atoms in total. The normalized spacial score (nSPS) is 16.2. The molecule has 0 N–H and O–H groups in total. The second kappa shape index (κ2) is 3.81. The molecule has 0 radical (unpaired) electrons. The molecule has 1 aliphatic rings. The molecule has 1 aliphatic heterocycles. The zero-order valence-corrected chi connectivity index (χ0v) is 9.64. The lowest BCUT2D eigenvalue weighted by Gasteiger charge is -2.26. The van der Waals surface area contributed by atoms with Gasteiger partial charge in [-0.15, -0.1) is 0 Å². The number of nitriles is 1. The van der Waals surface area contributed by atoms with Crippen molar-refractivity contribution in [2.45, 2.75) is 13.0 Å². The van der Waals surface area contributed by atoms with Crippen molar-refractivity contribution in [1.29, 1.82) is 5.26 Å². The summed E-state index contributed by atoms with van der Waals surface area (Å²) in [5.41, 5.74) is 2.47. The average molecular weight is 240 g/mol. The van der Waals surface area contributed by atoms with Gasteiger partial charge in [0.1, 0.15) is 12.2 Å². The maximum Gasteiger partial charge on any atom is 0.183 e. The summed E-state index contributed by atoms with van der Waals surface area (Å²) in [4.78, 5) is 4.06. The zero-order chi connectivity index (χ0) is 12.7. The van der Waals surface area contributed by atoms with Crippen molar-refractivity contribution in [1.82, 2.24) is 4.98 Å². The number of ether oxygens (including phenoxy) is 1. The Kier molecular flexibility index (Phi) is 2.27. The third kappa shape index (κ3) is 1.37. The van der Waals surface area contributed by atoms with E-state index in [0.29, 0.717) is 5.56 Å². The molecular weight excluding hydrogens is 231 g/mol. The maximum absolute atomic E-state index is 14.1. The molecule has 0 bridgehead atoms. The first-order chi connectivity index (χ1) is 8.72. The van der Waals surface area contributed by atoms with Crippen molar-refractivity contribution in [2.24, 2.45) is 0 Å². The van der Waals surface area contributed by atoms with Crippen molar-refractivity contribution >= 4 is 0 Å². The van der Waals surface area contributed by atoms with Crippen LogP contribution in [-0.2, 0) is 0 Å². The highest BCUT2D eigenvalue weighted by molar-refractivity contribution is 5.76. The molecule has 18 heavy (non-hydrogen) atoms. The van der Waals surface area contributed by atoms with Gasteiger partial charge in [-0.25, -0.2) is 4.39 Å². The van der Waals surface area contributed by atoms with E-state index in [0.717, 1.165) is 11.1 Å². The van der Waals surface area contributed by atoms with E-state index in [4.69, 9.17) is 10.00 Å². The Bertz CT molecular complexity index is 676. The SMILES string of the molecule is CC1Oc2c(ccc(C#N)c2F)-c2cnccc21. The molecule has 2 heterocycles. The number of pyridine rings is 1. The maximum atomic E-state index is 14.1. The molecule has 2 aromatic rings. The molecule has 1 atom stereocenters. The Balaban J connectivity index is 2.31. The molecule has 0 fully saturated rings. The van der Waals surface area contributed by atoms with E-state index in [9.17, 15) is 4.39 Å². The highest BCUT2D eigenvalue weighted by Crippen LogP contribution is 2.43. The summed E-state index contributed by atoms with van der Waals surface area (Å²) < 4.78 is 19.6. The summed E-state index contributed by atoms with van der Waals surface area (Å²) in [6.45, 7) is 1.85. The number of nitrogens with zero attached hydrogens (tertiary/aromatic N) is 2. The fourth-order valence-corrected chi connectivity index (χ4v) is 2.19. The number of hydrogen-bond donors (Lipinski definition) is 0. The number of halogens is 1. The Morgan fingerprint density at radius 3 is 2.94 bits per heavy atom. The van der Waals surface area contributed by atoms with Gasteiger partial charge in [0.05, 0.1) is 5.56 Å². The van der Waals surface area contributed by atoms with E-state index < -0.39 is 5.82 Å². The highest BCUT2D eigenvalue weighted by atomic mass is 19.1. The van der Waals surface area contributed by atoms with Crippen LogP contribution in [0.2, 0.25) is 0 Å². The average Bonchev–Trinajstić information content (AvgIpc) is 2.41. The van der Waals surface area contributed by atoms with Crippen LogP contribution >= 0.6 is 0 Å². The van der Waals surface area contributed by atoms with Crippen LogP contribution in [0.3, 0.4) is 0 Å². The van der Waals surface area contributed by atoms with Crippen LogP contribution in [0.4, 0.5) is 4.39 Å². The van der Waals surface area contributed by atoms with Crippen LogP contribution in [0.5, 0.6) is 5.75 Å². The number of benzene rings is 1. The second-order valence-corrected chi connectivity index (χ2v) is 4.14. The molecule has 1 aromatic heterocycles. The number of fused-ring (bicyclic) bond motifs is 3. The molecule has 1 aromatic carbocycles. The van der Waals surface area contributed by atoms with E-state index in [-0.39, 0.29) is 17.4 Å². The first kappa shape index (κ1) is 10.7. The molecule has 1 unspecified atom stereocenters. The van der Waals surface area contributed by atoms with Gasteiger partial charge in [0.25, 0.3) is 0 Å². The second-order valence-electron chi connectivity index (χ2n) is 4.14. The number of rotatable bonds is 0. The van der Waals surface area contributed by atoms with Crippen LogP contribution in [-0.4, -0.2) is 4.98 Å². The van der Waals surface area contributed by atoms with Crippen molar-refractivity contribution < 1.29 is 9.13 Å². The van der Waals surface area contributed by atoms with E-state index in [1.807, 2.05) is 19.1 Å². The van der Waals surface area contributed by atoms with Crippen molar-refractivity contribution in [3.63, 3.8) is 0 Å². The summed E-state index contributed by atoms with van der Waals surface area (Å²) in [6, 6.07) is 6.83. The fourth-order valence-electron chi connectivity index (χ4n) is 2.19. The first-order valence-electron chi connectivity index (χ1n) is 5.56. The minimum atomic E-state index is -0.601. The van der Waals surface area contributed by atoms with Crippen LogP contribution in [0.1, 0.15) is 24.2 Å². The molecule has 88 valence electrons. The molecule has 3 rings (SSSR count). The minimum absolute atomic E-state index is 0.00621. The smallest absolute Gasteiger partial charge is 0.183 e. The molecule has 0 aliphatic carbocycles. The van der Waals surface area contributed by atoms with Gasteiger partial charge < -0.3 is 4.74 Å². The lowest BCUT2D eigenvalue weighted by atomic mass is 9.94. The monoisotopic (exact) mass is 240 g/mol. The Morgan fingerprint density at radius 2 is 2.17 bits per heavy atom. The number of aromatic nitrogens is 1. The summed E-state index contributed by atoms with van der Waals surface area (Å²) >= 11 is 0. The van der Waals surface area contributed by atoms with Crippen LogP contribution < -0.4 is 4.74 Å². The number of hydrogen-bond acceptors (Lipinski definition) is 3. The summed E-state index contributed by atoms with van der Waals surface area (Å²) in [5, 5.41) is 8.82. The molecule has 0 spiro atoms. The van der Waals surface area contributed by atoms with Crippen LogP contribution in [0, 0.1) is 17.1 Å². The van der Waals surface area contributed by atoms with E-state index in [2.05, 4.69) is 4.98 Å². The molecular formula is C14H9FN2O. The predicted molar refractivity (Wildman–Crippen MR) is 63.4 cm³/mol. The largest absolute Gasteiger partial charge is 0.482 e. The summed E-state index contributed by atoms with van der Waals surface area (Å²) in [5.74, 6) is -0.460. The van der Waals surface area contributed by atoms with Crippen molar-refractivity contribution in [3.05, 3.63) is 47.5 Å². The van der Waals surface area contributed by atoms with E-state index >= 15 is 0 Å². The Hall–Kier alpha value is -2.41. The van der Waals surface area contributed by atoms with Gasteiger partial charge in [0, 0.05) is 29.1 Å². The van der Waals surface area contributed by atoms with E-state index in [1.165, 1.54) is 6.07 Å². The molecule has 0 saturated carbocycles. The summed E-state index contributed by atoms with van der Waals surface area (Å²) in [6.07, 6.45) is 3.13. The zero-order valence-electron chi connectivity index (χ0n) is 9.64. The lowest BCUT2D eigenvalue weighted by Crippen LogP contribution is -2.12. The quantitative estimate of drug-likeness (QED) is 0.710. The third-order valence-corrected chi connectivity index (χ3v) is 3.10. The molecule has 0 amide bonds. The van der Waals surface area contributed by atoms with Gasteiger partial charge in [-0.05, 0) is 25.1 Å². The fraction of sp³-hybridized carbons (Fsp3) is 0.143. The lowest BCUT2D eigenvalue weighted by molar-refractivity contribution is 0.212. The van der Waals surface area contributed by atoms with Gasteiger partial charge in [0.2, 0.25) is 0 Å². The van der Waals surface area contributed by atoms with Crippen LogP contribution in [0.25, 0.3) is 11.1 Å². The van der Waals surface area contributed by atoms with Crippen molar-refractivity contribution in [3.8, 4) is 22.9 Å². The van der Waals surface area contributed by atoms with Gasteiger partial charge in [-0.3, -0.25) is 4.98 Å². The van der Waals surface area contributed by atoms with E-state index in [1.54, 1.807) is 18.5 Å². The molecule has 0 saturated heterocycles. The third-order valence-electron chi connectivity index (χ3n) is 3.10. The minimum Gasteiger partial charge on any atom is -0.482 e. The van der Waals surface area contributed by atoms with Crippen LogP contribution in [0.15, 0.2) is 30.6 Å². The summed E-state index contributed by atoms with van der Waals surface area (Å²) in [7, 11) is 0. The molecule has 4 heteroatoms.